The fraction of sp³-hybridized carbons (Fsp3) is 0.417. The fourth-order valence-corrected chi connectivity index (χ4v) is 1.47. The van der Waals surface area contributed by atoms with Crippen molar-refractivity contribution in [3.8, 4) is 0 Å². The van der Waals surface area contributed by atoms with Crippen molar-refractivity contribution >= 4 is 5.91 Å². The average Bonchev–Trinajstić information content (AvgIpc) is 2.41. The summed E-state index contributed by atoms with van der Waals surface area (Å²) < 4.78 is 26.6. The van der Waals surface area contributed by atoms with Crippen molar-refractivity contribution in [2.75, 3.05) is 19.8 Å². The van der Waals surface area contributed by atoms with Crippen molar-refractivity contribution in [3.63, 3.8) is 0 Å². The molecular formula is C12H15F2NO4. The van der Waals surface area contributed by atoms with E-state index < -0.39 is 54.9 Å². The van der Waals surface area contributed by atoms with Gasteiger partial charge in [0.2, 0.25) is 5.91 Å². The molecule has 5 nitrogen and oxygen atoms in total. The topological polar surface area (TPSA) is 89.8 Å². The van der Waals surface area contributed by atoms with Gasteiger partial charge in [-0.3, -0.25) is 4.79 Å². The van der Waals surface area contributed by atoms with Crippen molar-refractivity contribution < 1.29 is 28.9 Å². The molecule has 0 aromatic heterocycles. The molecule has 1 aromatic carbocycles. The number of carbonyl (C=O) groups is 1. The number of benzene rings is 1. The summed E-state index contributed by atoms with van der Waals surface area (Å²) in [6.45, 7) is -2.11. The monoisotopic (exact) mass is 275 g/mol. The lowest BCUT2D eigenvalue weighted by molar-refractivity contribution is -0.124. The molecule has 106 valence electrons. The smallest absolute Gasteiger partial charge is 0.225 e. The summed E-state index contributed by atoms with van der Waals surface area (Å²) in [5.74, 6) is -2.54. The van der Waals surface area contributed by atoms with Gasteiger partial charge in [-0.05, 0) is 12.1 Å². The maximum Gasteiger partial charge on any atom is 0.225 e. The number of hydrogen-bond acceptors (Lipinski definition) is 4. The Kier molecular flexibility index (Phi) is 5.34. The van der Waals surface area contributed by atoms with Crippen LogP contribution in [0.4, 0.5) is 8.78 Å². The lowest BCUT2D eigenvalue weighted by Crippen LogP contribution is -2.57. The molecule has 0 fully saturated rings. The SMILES string of the molecule is O=C(Cc1c(F)cccc1F)NC(CO)(CO)CO. The Labute approximate surface area is 108 Å². The first-order valence-corrected chi connectivity index (χ1v) is 5.54. The first-order valence-electron chi connectivity index (χ1n) is 5.54. The van der Waals surface area contributed by atoms with Crippen molar-refractivity contribution in [1.82, 2.24) is 5.32 Å². The molecule has 0 atom stereocenters. The van der Waals surface area contributed by atoms with Crippen LogP contribution in [-0.4, -0.2) is 46.6 Å². The van der Waals surface area contributed by atoms with Crippen LogP contribution in [0, 0.1) is 11.6 Å². The van der Waals surface area contributed by atoms with Crippen LogP contribution >= 0.6 is 0 Å². The predicted molar refractivity (Wildman–Crippen MR) is 62.2 cm³/mol. The third-order valence-corrected chi connectivity index (χ3v) is 2.71. The Morgan fingerprint density at radius 2 is 1.58 bits per heavy atom. The van der Waals surface area contributed by atoms with E-state index in [4.69, 9.17) is 15.3 Å². The Bertz CT molecular complexity index is 421. The highest BCUT2D eigenvalue weighted by Gasteiger charge is 2.30. The largest absolute Gasteiger partial charge is 0.394 e. The van der Waals surface area contributed by atoms with Gasteiger partial charge in [-0.25, -0.2) is 8.78 Å². The number of rotatable bonds is 6. The number of halogens is 2. The predicted octanol–water partition coefficient (Wildman–Crippen LogP) is -0.661. The van der Waals surface area contributed by atoms with E-state index in [0.717, 1.165) is 12.1 Å². The highest BCUT2D eigenvalue weighted by molar-refractivity contribution is 5.79. The molecular weight excluding hydrogens is 260 g/mol. The summed E-state index contributed by atoms with van der Waals surface area (Å²) >= 11 is 0. The second-order valence-electron chi connectivity index (χ2n) is 4.18. The number of carbonyl (C=O) groups excluding carboxylic acids is 1. The average molecular weight is 275 g/mol. The van der Waals surface area contributed by atoms with Crippen molar-refractivity contribution in [2.45, 2.75) is 12.0 Å². The van der Waals surface area contributed by atoms with Crippen LogP contribution < -0.4 is 5.32 Å². The summed E-state index contributed by atoms with van der Waals surface area (Å²) in [6.07, 6.45) is -0.597. The molecule has 19 heavy (non-hydrogen) atoms. The summed E-state index contributed by atoms with van der Waals surface area (Å²) in [5, 5.41) is 29.2. The summed E-state index contributed by atoms with van der Waals surface area (Å²) in [7, 11) is 0. The van der Waals surface area contributed by atoms with E-state index in [0.29, 0.717) is 0 Å². The van der Waals surface area contributed by atoms with Gasteiger partial charge >= 0.3 is 0 Å². The van der Waals surface area contributed by atoms with Crippen LogP contribution in [0.25, 0.3) is 0 Å². The molecule has 4 N–H and O–H groups in total. The van der Waals surface area contributed by atoms with Crippen LogP contribution in [0.3, 0.4) is 0 Å². The zero-order chi connectivity index (χ0) is 14.5. The minimum absolute atomic E-state index is 0.414. The van der Waals surface area contributed by atoms with Gasteiger partial charge in [-0.1, -0.05) is 6.07 Å². The summed E-state index contributed by atoms with van der Waals surface area (Å²) in [6, 6.07) is 3.21. The lowest BCUT2D eigenvalue weighted by atomic mass is 10.0. The molecule has 1 rings (SSSR count). The zero-order valence-electron chi connectivity index (χ0n) is 10.1. The molecule has 1 amide bonds. The van der Waals surface area contributed by atoms with E-state index in [9.17, 15) is 13.6 Å². The van der Waals surface area contributed by atoms with Gasteiger partial charge in [-0.15, -0.1) is 0 Å². The number of nitrogens with one attached hydrogen (secondary N) is 1. The molecule has 7 heteroatoms. The number of aliphatic hydroxyl groups excluding tert-OH is 3. The minimum Gasteiger partial charge on any atom is -0.394 e. The van der Waals surface area contributed by atoms with Crippen LogP contribution in [0.1, 0.15) is 5.56 Å². The number of amides is 1. The quantitative estimate of drug-likeness (QED) is 0.555. The highest BCUT2D eigenvalue weighted by atomic mass is 19.1. The number of aliphatic hydroxyl groups is 3. The Morgan fingerprint density at radius 1 is 1.11 bits per heavy atom. The second kappa shape index (κ2) is 6.55. The maximum atomic E-state index is 13.3. The van der Waals surface area contributed by atoms with E-state index in [1.54, 1.807) is 0 Å². The van der Waals surface area contributed by atoms with Gasteiger partial charge in [0.05, 0.1) is 26.2 Å². The first kappa shape index (κ1) is 15.5. The summed E-state index contributed by atoms with van der Waals surface area (Å²) in [5.41, 5.74) is -2.03. The van der Waals surface area contributed by atoms with Crippen molar-refractivity contribution in [3.05, 3.63) is 35.4 Å². The standard InChI is InChI=1S/C12H15F2NO4/c13-9-2-1-3-10(14)8(9)4-11(19)15-12(5-16,6-17)7-18/h1-3,16-18H,4-7H2,(H,15,19). The van der Waals surface area contributed by atoms with Gasteiger partial charge < -0.3 is 20.6 Å². The molecule has 0 aliphatic rings. The van der Waals surface area contributed by atoms with Gasteiger partial charge in [0, 0.05) is 5.56 Å². The van der Waals surface area contributed by atoms with Crippen LogP contribution in [0.2, 0.25) is 0 Å². The van der Waals surface area contributed by atoms with Gasteiger partial charge in [-0.2, -0.15) is 0 Å². The van der Waals surface area contributed by atoms with E-state index in [1.807, 2.05) is 0 Å². The molecule has 0 aliphatic carbocycles. The molecule has 0 heterocycles. The molecule has 0 unspecified atom stereocenters. The molecule has 0 saturated heterocycles. The minimum atomic E-state index is -1.61. The Morgan fingerprint density at radius 3 is 2.00 bits per heavy atom. The maximum absolute atomic E-state index is 13.3. The summed E-state index contributed by atoms with van der Waals surface area (Å²) in [4.78, 5) is 11.6. The molecule has 1 aromatic rings. The van der Waals surface area contributed by atoms with Crippen LogP contribution in [-0.2, 0) is 11.2 Å². The van der Waals surface area contributed by atoms with E-state index in [-0.39, 0.29) is 0 Å². The number of hydrogen-bond donors (Lipinski definition) is 4. The molecule has 0 saturated carbocycles. The van der Waals surface area contributed by atoms with Gasteiger partial charge in [0.15, 0.2) is 0 Å². The molecule has 0 spiro atoms. The third kappa shape index (κ3) is 3.69. The third-order valence-electron chi connectivity index (χ3n) is 2.71. The van der Waals surface area contributed by atoms with Gasteiger partial charge in [0.1, 0.15) is 17.2 Å². The first-order chi connectivity index (χ1) is 8.98. The van der Waals surface area contributed by atoms with Crippen molar-refractivity contribution in [2.24, 2.45) is 0 Å². The Hall–Kier alpha value is -1.57. The van der Waals surface area contributed by atoms with E-state index in [2.05, 4.69) is 5.32 Å². The Balaban J connectivity index is 2.81. The normalized spacial score (nSPS) is 11.4. The molecule has 0 radical (unpaired) electrons. The zero-order valence-corrected chi connectivity index (χ0v) is 10.1. The van der Waals surface area contributed by atoms with Crippen LogP contribution in [0.15, 0.2) is 18.2 Å². The fourth-order valence-electron chi connectivity index (χ4n) is 1.47. The van der Waals surface area contributed by atoms with E-state index in [1.165, 1.54) is 6.07 Å². The van der Waals surface area contributed by atoms with Crippen LogP contribution in [0.5, 0.6) is 0 Å². The highest BCUT2D eigenvalue weighted by Crippen LogP contribution is 2.13. The van der Waals surface area contributed by atoms with Gasteiger partial charge in [0.25, 0.3) is 0 Å². The molecule has 0 aliphatic heterocycles. The van der Waals surface area contributed by atoms with Crippen molar-refractivity contribution in [1.29, 1.82) is 0 Å². The van der Waals surface area contributed by atoms with E-state index >= 15 is 0 Å². The second-order valence-corrected chi connectivity index (χ2v) is 4.18. The molecule has 0 bridgehead atoms. The lowest BCUT2D eigenvalue weighted by Gasteiger charge is -2.28.